The third-order valence-electron chi connectivity index (χ3n) is 4.30. The van der Waals surface area contributed by atoms with Crippen LogP contribution in [0, 0.1) is 17.7 Å². The van der Waals surface area contributed by atoms with Gasteiger partial charge in [0, 0.05) is 38.0 Å². The van der Waals surface area contributed by atoms with Crippen LogP contribution in [0.5, 0.6) is 0 Å². The predicted octanol–water partition coefficient (Wildman–Crippen LogP) is 2.33. The molecule has 2 amide bonds. The van der Waals surface area contributed by atoms with E-state index in [-0.39, 0.29) is 29.5 Å². The number of amides is 2. The van der Waals surface area contributed by atoms with Gasteiger partial charge in [-0.1, -0.05) is 39.0 Å². The maximum Gasteiger partial charge on any atom is 0.225 e. The summed E-state index contributed by atoms with van der Waals surface area (Å²) in [4.78, 5) is 28.1. The molecule has 1 saturated heterocycles. The van der Waals surface area contributed by atoms with Crippen LogP contribution in [0.25, 0.3) is 0 Å². The van der Waals surface area contributed by atoms with Crippen molar-refractivity contribution in [2.45, 2.75) is 27.2 Å². The van der Waals surface area contributed by atoms with Gasteiger partial charge in [0.1, 0.15) is 5.82 Å². The first kappa shape index (κ1) is 17.4. The van der Waals surface area contributed by atoms with Gasteiger partial charge in [0.25, 0.3) is 0 Å². The summed E-state index contributed by atoms with van der Waals surface area (Å²) in [5, 5.41) is 0. The van der Waals surface area contributed by atoms with Gasteiger partial charge in [-0.3, -0.25) is 9.59 Å². The summed E-state index contributed by atoms with van der Waals surface area (Å²) in [6, 6.07) is 6.57. The molecule has 23 heavy (non-hydrogen) atoms. The highest BCUT2D eigenvalue weighted by molar-refractivity contribution is 5.80. The standard InChI is InChI=1S/C18H25FN2O2/c1-13(2)17(22)20-8-10-21(11-9-20)18(23)14(3)12-15-6-4-5-7-16(15)19/h4-7,13-14H,8-12H2,1-3H3. The first-order valence-corrected chi connectivity index (χ1v) is 8.21. The molecule has 0 aliphatic carbocycles. The number of carbonyl (C=O) groups excluding carboxylic acids is 2. The Morgan fingerprint density at radius 2 is 1.52 bits per heavy atom. The maximum absolute atomic E-state index is 13.7. The molecule has 0 bridgehead atoms. The van der Waals surface area contributed by atoms with Crippen molar-refractivity contribution < 1.29 is 14.0 Å². The second-order valence-electron chi connectivity index (χ2n) is 6.50. The Balaban J connectivity index is 1.89. The molecule has 0 N–H and O–H groups in total. The van der Waals surface area contributed by atoms with Crippen LogP contribution in [-0.2, 0) is 16.0 Å². The fraction of sp³-hybridized carbons (Fsp3) is 0.556. The average Bonchev–Trinajstić information content (AvgIpc) is 2.55. The molecule has 1 fully saturated rings. The van der Waals surface area contributed by atoms with Gasteiger partial charge in [-0.15, -0.1) is 0 Å². The highest BCUT2D eigenvalue weighted by atomic mass is 19.1. The van der Waals surface area contributed by atoms with Gasteiger partial charge in [0.15, 0.2) is 0 Å². The summed E-state index contributed by atoms with van der Waals surface area (Å²) >= 11 is 0. The third kappa shape index (κ3) is 4.30. The lowest BCUT2D eigenvalue weighted by Gasteiger charge is -2.36. The van der Waals surface area contributed by atoms with Crippen molar-refractivity contribution in [2.24, 2.45) is 11.8 Å². The van der Waals surface area contributed by atoms with Gasteiger partial charge in [0.05, 0.1) is 0 Å². The second kappa shape index (κ2) is 7.57. The van der Waals surface area contributed by atoms with Crippen LogP contribution in [0.2, 0.25) is 0 Å². The highest BCUT2D eigenvalue weighted by Gasteiger charge is 2.28. The van der Waals surface area contributed by atoms with Crippen LogP contribution >= 0.6 is 0 Å². The second-order valence-corrected chi connectivity index (χ2v) is 6.50. The van der Waals surface area contributed by atoms with Crippen LogP contribution in [-0.4, -0.2) is 47.8 Å². The van der Waals surface area contributed by atoms with Crippen LogP contribution in [0.1, 0.15) is 26.3 Å². The van der Waals surface area contributed by atoms with Crippen LogP contribution in [0.15, 0.2) is 24.3 Å². The Bertz CT molecular complexity index is 566. The molecule has 2 rings (SSSR count). The molecule has 1 aliphatic heterocycles. The minimum absolute atomic E-state index is 0.0165. The summed E-state index contributed by atoms with van der Waals surface area (Å²) in [7, 11) is 0. The summed E-state index contributed by atoms with van der Waals surface area (Å²) in [5.41, 5.74) is 0.571. The number of rotatable bonds is 4. The molecule has 5 heteroatoms. The quantitative estimate of drug-likeness (QED) is 0.854. The maximum atomic E-state index is 13.7. The number of hydrogen-bond donors (Lipinski definition) is 0. The van der Waals surface area contributed by atoms with E-state index in [0.717, 1.165) is 0 Å². The molecule has 1 atom stereocenters. The molecule has 4 nitrogen and oxygen atoms in total. The molecule has 0 radical (unpaired) electrons. The number of hydrogen-bond acceptors (Lipinski definition) is 2. The minimum atomic E-state index is -0.265. The first-order valence-electron chi connectivity index (χ1n) is 8.21. The van der Waals surface area contributed by atoms with Gasteiger partial charge >= 0.3 is 0 Å². The van der Waals surface area contributed by atoms with E-state index in [1.807, 2.05) is 25.7 Å². The van der Waals surface area contributed by atoms with E-state index in [0.29, 0.717) is 38.2 Å². The zero-order valence-corrected chi connectivity index (χ0v) is 14.1. The summed E-state index contributed by atoms with van der Waals surface area (Å²) in [6.07, 6.45) is 0.399. The molecule has 1 heterocycles. The molecule has 1 aliphatic rings. The number of piperazine rings is 1. The fourth-order valence-electron chi connectivity index (χ4n) is 2.91. The minimum Gasteiger partial charge on any atom is -0.339 e. The lowest BCUT2D eigenvalue weighted by molar-refractivity contribution is -0.143. The van der Waals surface area contributed by atoms with Crippen LogP contribution in [0.3, 0.4) is 0 Å². The Hall–Kier alpha value is -1.91. The average molecular weight is 320 g/mol. The van der Waals surface area contributed by atoms with Crippen molar-refractivity contribution in [1.82, 2.24) is 9.80 Å². The zero-order chi connectivity index (χ0) is 17.0. The molecule has 1 aromatic carbocycles. The number of carbonyl (C=O) groups is 2. The third-order valence-corrected chi connectivity index (χ3v) is 4.30. The molecule has 0 aromatic heterocycles. The molecule has 126 valence electrons. The first-order chi connectivity index (χ1) is 10.9. The molecule has 1 aromatic rings. The van der Waals surface area contributed by atoms with Gasteiger partial charge in [0.2, 0.25) is 11.8 Å². The molecular weight excluding hydrogens is 295 g/mol. The Kier molecular flexibility index (Phi) is 5.74. The van der Waals surface area contributed by atoms with E-state index < -0.39 is 0 Å². The Morgan fingerprint density at radius 1 is 1.00 bits per heavy atom. The normalized spacial score (nSPS) is 16.6. The number of halogens is 1. The van der Waals surface area contributed by atoms with Gasteiger partial charge in [-0.2, -0.15) is 0 Å². The largest absolute Gasteiger partial charge is 0.339 e. The van der Waals surface area contributed by atoms with Gasteiger partial charge in [-0.25, -0.2) is 4.39 Å². The molecule has 1 unspecified atom stereocenters. The van der Waals surface area contributed by atoms with E-state index in [1.165, 1.54) is 6.07 Å². The monoisotopic (exact) mass is 320 g/mol. The van der Waals surface area contributed by atoms with Crippen molar-refractivity contribution >= 4 is 11.8 Å². The Labute approximate surface area is 137 Å². The van der Waals surface area contributed by atoms with Gasteiger partial charge in [-0.05, 0) is 18.1 Å². The smallest absolute Gasteiger partial charge is 0.225 e. The van der Waals surface area contributed by atoms with Crippen LogP contribution < -0.4 is 0 Å². The highest BCUT2D eigenvalue weighted by Crippen LogP contribution is 2.16. The van der Waals surface area contributed by atoms with Crippen LogP contribution in [0.4, 0.5) is 4.39 Å². The topological polar surface area (TPSA) is 40.6 Å². The van der Waals surface area contributed by atoms with Crippen molar-refractivity contribution in [3.8, 4) is 0 Å². The van der Waals surface area contributed by atoms with E-state index in [2.05, 4.69) is 0 Å². The summed E-state index contributed by atoms with van der Waals surface area (Å²) < 4.78 is 13.7. The van der Waals surface area contributed by atoms with E-state index in [1.54, 1.807) is 23.1 Å². The number of benzene rings is 1. The Morgan fingerprint density at radius 3 is 2.04 bits per heavy atom. The van der Waals surface area contributed by atoms with Crippen molar-refractivity contribution in [2.75, 3.05) is 26.2 Å². The van der Waals surface area contributed by atoms with Gasteiger partial charge < -0.3 is 9.80 Å². The predicted molar refractivity (Wildman–Crippen MR) is 87.3 cm³/mol. The van der Waals surface area contributed by atoms with Crippen molar-refractivity contribution in [3.05, 3.63) is 35.6 Å². The zero-order valence-electron chi connectivity index (χ0n) is 14.1. The van der Waals surface area contributed by atoms with Crippen molar-refractivity contribution in [3.63, 3.8) is 0 Å². The molecule has 0 saturated carbocycles. The van der Waals surface area contributed by atoms with E-state index >= 15 is 0 Å². The summed E-state index contributed by atoms with van der Waals surface area (Å²) in [5.74, 6) is -0.377. The lowest BCUT2D eigenvalue weighted by Crippen LogP contribution is -2.52. The lowest BCUT2D eigenvalue weighted by atomic mass is 9.99. The molecular formula is C18H25FN2O2. The SMILES string of the molecule is CC(C)C(=O)N1CCN(C(=O)C(C)Cc2ccccc2F)CC1. The van der Waals surface area contributed by atoms with Crippen molar-refractivity contribution in [1.29, 1.82) is 0 Å². The number of nitrogens with zero attached hydrogens (tertiary/aromatic N) is 2. The summed E-state index contributed by atoms with van der Waals surface area (Å²) in [6.45, 7) is 7.87. The molecule has 0 spiro atoms. The fourth-order valence-corrected chi connectivity index (χ4v) is 2.91. The van der Waals surface area contributed by atoms with E-state index in [9.17, 15) is 14.0 Å². The van der Waals surface area contributed by atoms with E-state index in [4.69, 9.17) is 0 Å².